The lowest BCUT2D eigenvalue weighted by atomic mass is 9.83. The Morgan fingerprint density at radius 3 is 2.57 bits per heavy atom. The number of hydrogen-bond donors (Lipinski definition) is 1. The smallest absolute Gasteiger partial charge is 0.329 e. The van der Waals surface area contributed by atoms with Gasteiger partial charge in [0.25, 0.3) is 0 Å². The van der Waals surface area contributed by atoms with E-state index in [9.17, 15) is 18.0 Å². The fraction of sp³-hybridized carbons (Fsp3) is 0.875. The first-order chi connectivity index (χ1) is 6.50. The van der Waals surface area contributed by atoms with Gasteiger partial charge in [0.05, 0.1) is 0 Å². The summed E-state index contributed by atoms with van der Waals surface area (Å²) >= 11 is 0. The van der Waals surface area contributed by atoms with Crippen molar-refractivity contribution in [1.82, 2.24) is 10.2 Å². The minimum atomic E-state index is -4.72. The van der Waals surface area contributed by atoms with Crippen LogP contribution in [0.1, 0.15) is 12.8 Å². The molecule has 1 N–H and O–H groups in total. The summed E-state index contributed by atoms with van der Waals surface area (Å²) in [5, 5.41) is 3.09. The third-order valence-electron chi connectivity index (χ3n) is 2.90. The third-order valence-corrected chi connectivity index (χ3v) is 2.90. The van der Waals surface area contributed by atoms with Crippen molar-refractivity contribution in [3.63, 3.8) is 0 Å². The Morgan fingerprint density at radius 1 is 1.36 bits per heavy atom. The Morgan fingerprint density at radius 2 is 2.07 bits per heavy atom. The maximum atomic E-state index is 12.1. The molecule has 80 valence electrons. The van der Waals surface area contributed by atoms with Gasteiger partial charge in [-0.3, -0.25) is 4.79 Å². The highest BCUT2D eigenvalue weighted by atomic mass is 19.4. The van der Waals surface area contributed by atoms with Crippen molar-refractivity contribution in [2.75, 3.05) is 13.1 Å². The molecular weight excluding hydrogens is 197 g/mol. The van der Waals surface area contributed by atoms with Crippen molar-refractivity contribution in [2.24, 2.45) is 0 Å². The summed E-state index contributed by atoms with van der Waals surface area (Å²) in [5.74, 6) is -1.69. The van der Waals surface area contributed by atoms with Crippen LogP contribution in [0, 0.1) is 0 Å². The Labute approximate surface area is 79.3 Å². The summed E-state index contributed by atoms with van der Waals surface area (Å²) in [7, 11) is 0. The van der Waals surface area contributed by atoms with Crippen molar-refractivity contribution in [1.29, 1.82) is 0 Å². The van der Waals surface area contributed by atoms with Crippen LogP contribution >= 0.6 is 0 Å². The summed E-state index contributed by atoms with van der Waals surface area (Å²) in [6.45, 7) is 0.627. The fourth-order valence-electron chi connectivity index (χ4n) is 2.04. The second-order valence-electron chi connectivity index (χ2n) is 3.70. The zero-order valence-corrected chi connectivity index (χ0v) is 7.47. The molecule has 3 nitrogen and oxygen atoms in total. The van der Waals surface area contributed by atoms with E-state index in [1.165, 1.54) is 0 Å². The molecule has 0 unspecified atom stereocenters. The van der Waals surface area contributed by atoms with E-state index >= 15 is 0 Å². The average molecular weight is 208 g/mol. The van der Waals surface area contributed by atoms with Gasteiger partial charge >= 0.3 is 12.1 Å². The Kier molecular flexibility index (Phi) is 2.17. The van der Waals surface area contributed by atoms with Gasteiger partial charge in [-0.2, -0.15) is 13.2 Å². The molecule has 1 amide bonds. The minimum absolute atomic E-state index is 0.0787. The van der Waals surface area contributed by atoms with Crippen LogP contribution in [-0.4, -0.2) is 42.2 Å². The maximum absolute atomic E-state index is 12.1. The second-order valence-corrected chi connectivity index (χ2v) is 3.70. The summed E-state index contributed by atoms with van der Waals surface area (Å²) < 4.78 is 36.4. The Bertz CT molecular complexity index is 253. The van der Waals surface area contributed by atoms with E-state index < -0.39 is 12.1 Å². The highest BCUT2D eigenvalue weighted by Gasteiger charge is 2.49. The van der Waals surface area contributed by atoms with E-state index in [0.29, 0.717) is 13.0 Å². The fourth-order valence-corrected chi connectivity index (χ4v) is 2.04. The lowest BCUT2D eigenvalue weighted by Crippen LogP contribution is -2.66. The van der Waals surface area contributed by atoms with Crippen molar-refractivity contribution >= 4 is 5.91 Å². The number of rotatable bonds is 0. The van der Waals surface area contributed by atoms with Gasteiger partial charge < -0.3 is 10.2 Å². The van der Waals surface area contributed by atoms with Crippen LogP contribution < -0.4 is 5.32 Å². The molecule has 6 heteroatoms. The molecule has 0 spiro atoms. The van der Waals surface area contributed by atoms with E-state index in [1.807, 2.05) is 0 Å². The van der Waals surface area contributed by atoms with Gasteiger partial charge in [0.1, 0.15) is 0 Å². The van der Waals surface area contributed by atoms with Crippen molar-refractivity contribution < 1.29 is 18.0 Å². The number of hydrogen-bond acceptors (Lipinski definition) is 2. The zero-order valence-electron chi connectivity index (χ0n) is 7.47. The van der Waals surface area contributed by atoms with E-state index in [1.54, 1.807) is 0 Å². The first kappa shape index (κ1) is 9.76. The summed E-state index contributed by atoms with van der Waals surface area (Å²) in [6.07, 6.45) is -3.18. The van der Waals surface area contributed by atoms with Crippen LogP contribution in [0.15, 0.2) is 0 Å². The minimum Gasteiger partial charge on any atom is -0.329 e. The average Bonchev–Trinajstić information content (AvgIpc) is 2.03. The van der Waals surface area contributed by atoms with E-state index in [2.05, 4.69) is 5.32 Å². The number of nitrogens with zero attached hydrogens (tertiary/aromatic N) is 1. The standard InChI is InChI=1S/C8H11F3N2O/c9-8(10,11)7(14)13-4-3-12-5-1-2-6(5)13/h5-6,12H,1-4H2/t5-,6+/m0/s1. The molecule has 14 heavy (non-hydrogen) atoms. The monoisotopic (exact) mass is 208 g/mol. The van der Waals surface area contributed by atoms with Crippen LogP contribution in [0.4, 0.5) is 13.2 Å². The molecule has 1 heterocycles. The number of carbonyl (C=O) groups excluding carboxylic acids is 1. The number of alkyl halides is 3. The summed E-state index contributed by atoms with van der Waals surface area (Å²) in [4.78, 5) is 11.9. The van der Waals surface area contributed by atoms with Gasteiger partial charge in [-0.1, -0.05) is 0 Å². The van der Waals surface area contributed by atoms with E-state index in [4.69, 9.17) is 0 Å². The number of fused-ring (bicyclic) bond motifs is 1. The van der Waals surface area contributed by atoms with E-state index in [-0.39, 0.29) is 18.6 Å². The molecule has 2 rings (SSSR count). The van der Waals surface area contributed by atoms with Crippen LogP contribution in [0.3, 0.4) is 0 Å². The molecule has 2 atom stereocenters. The van der Waals surface area contributed by atoms with Crippen LogP contribution in [0.2, 0.25) is 0 Å². The normalized spacial score (nSPS) is 32.1. The highest BCUT2D eigenvalue weighted by molar-refractivity contribution is 5.82. The number of carbonyl (C=O) groups is 1. The first-order valence-corrected chi connectivity index (χ1v) is 4.61. The summed E-state index contributed by atoms with van der Waals surface area (Å²) in [6, 6.07) is -0.159. The Balaban J connectivity index is 2.06. The largest absolute Gasteiger partial charge is 0.471 e. The van der Waals surface area contributed by atoms with Gasteiger partial charge in [0, 0.05) is 25.2 Å². The lowest BCUT2D eigenvalue weighted by Gasteiger charge is -2.48. The number of piperazine rings is 1. The number of halogens is 3. The predicted molar refractivity (Wildman–Crippen MR) is 42.6 cm³/mol. The predicted octanol–water partition coefficient (Wildman–Crippen LogP) is 0.511. The summed E-state index contributed by atoms with van der Waals surface area (Å²) in [5.41, 5.74) is 0. The molecule has 1 saturated heterocycles. The lowest BCUT2D eigenvalue weighted by molar-refractivity contribution is -0.191. The molecule has 1 saturated carbocycles. The second kappa shape index (κ2) is 3.12. The van der Waals surface area contributed by atoms with E-state index in [0.717, 1.165) is 11.3 Å². The van der Waals surface area contributed by atoms with Gasteiger partial charge in [-0.05, 0) is 12.8 Å². The SMILES string of the molecule is O=C(N1CCN[C@H]2CC[C@H]21)C(F)(F)F. The van der Waals surface area contributed by atoms with Crippen LogP contribution in [0.5, 0.6) is 0 Å². The molecule has 1 aliphatic carbocycles. The molecule has 0 radical (unpaired) electrons. The molecule has 1 aliphatic heterocycles. The van der Waals surface area contributed by atoms with Crippen molar-refractivity contribution in [3.05, 3.63) is 0 Å². The van der Waals surface area contributed by atoms with Gasteiger partial charge in [0.15, 0.2) is 0 Å². The molecule has 2 fully saturated rings. The molecule has 0 aromatic carbocycles. The maximum Gasteiger partial charge on any atom is 0.471 e. The number of nitrogens with one attached hydrogen (secondary N) is 1. The zero-order chi connectivity index (χ0) is 10.3. The van der Waals surface area contributed by atoms with Crippen molar-refractivity contribution in [2.45, 2.75) is 31.1 Å². The van der Waals surface area contributed by atoms with Gasteiger partial charge in [-0.25, -0.2) is 0 Å². The third kappa shape index (κ3) is 1.47. The van der Waals surface area contributed by atoms with Gasteiger partial charge in [-0.15, -0.1) is 0 Å². The highest BCUT2D eigenvalue weighted by Crippen LogP contribution is 2.31. The molecular formula is C8H11F3N2O. The topological polar surface area (TPSA) is 32.3 Å². The van der Waals surface area contributed by atoms with Crippen LogP contribution in [0.25, 0.3) is 0 Å². The van der Waals surface area contributed by atoms with Crippen molar-refractivity contribution in [3.8, 4) is 0 Å². The molecule has 0 aromatic heterocycles. The number of amides is 1. The quantitative estimate of drug-likeness (QED) is 0.629. The molecule has 2 aliphatic rings. The molecule has 0 bridgehead atoms. The Hall–Kier alpha value is -0.780. The molecule has 0 aromatic rings. The first-order valence-electron chi connectivity index (χ1n) is 4.61. The van der Waals surface area contributed by atoms with Gasteiger partial charge in [0.2, 0.25) is 0 Å². The van der Waals surface area contributed by atoms with Crippen LogP contribution in [-0.2, 0) is 4.79 Å².